The molecule has 32 heavy (non-hydrogen) atoms. The summed E-state index contributed by atoms with van der Waals surface area (Å²) < 4.78 is 58.0. The fraction of sp³-hybridized carbons (Fsp3) is 0.250. The Bertz CT molecular complexity index is 1210. The number of amides is 4. The number of carbonyl (C=O) groups excluding carboxylic acids is 4. The lowest BCUT2D eigenvalue weighted by Gasteiger charge is -2.35. The maximum absolute atomic E-state index is 12.7. The van der Waals surface area contributed by atoms with E-state index in [-0.39, 0.29) is 18.5 Å². The number of hydrogen-bond donors (Lipinski definition) is 0. The Hall–Kier alpha value is -2.50. The number of fused-ring (bicyclic) bond motifs is 4. The molecule has 0 N–H and O–H groups in total. The summed E-state index contributed by atoms with van der Waals surface area (Å²) in [5, 5.41) is 3.01. The van der Waals surface area contributed by atoms with Crippen molar-refractivity contribution in [2.45, 2.75) is 8.42 Å². The predicted molar refractivity (Wildman–Crippen MR) is 103 cm³/mol. The van der Waals surface area contributed by atoms with Crippen molar-refractivity contribution < 1.29 is 44.6 Å². The molecular formula is C16H10N2O10S4. The molecule has 2 aromatic rings. The van der Waals surface area contributed by atoms with Crippen LogP contribution in [0.4, 0.5) is 0 Å². The van der Waals surface area contributed by atoms with Crippen molar-refractivity contribution in [3.8, 4) is 0 Å². The zero-order valence-corrected chi connectivity index (χ0v) is 18.6. The molecule has 3 fully saturated rings. The Kier molecular flexibility index (Phi) is 4.67. The highest BCUT2D eigenvalue weighted by Crippen LogP contribution is 2.57. The normalized spacial score (nSPS) is 27.6. The van der Waals surface area contributed by atoms with E-state index in [1.807, 2.05) is 0 Å². The quantitative estimate of drug-likeness (QED) is 0.475. The third-order valence-electron chi connectivity index (χ3n) is 5.32. The van der Waals surface area contributed by atoms with E-state index in [0.717, 1.165) is 22.7 Å². The van der Waals surface area contributed by atoms with E-state index in [1.165, 1.54) is 35.0 Å². The van der Waals surface area contributed by atoms with E-state index >= 15 is 0 Å². The first kappa shape index (κ1) is 21.4. The molecule has 5 rings (SSSR count). The van der Waals surface area contributed by atoms with Crippen LogP contribution < -0.4 is 0 Å². The zero-order chi connectivity index (χ0) is 23.0. The Morgan fingerprint density at radius 3 is 1.19 bits per heavy atom. The third-order valence-corrected chi connectivity index (χ3v) is 10.4. The highest BCUT2D eigenvalue weighted by atomic mass is 32.3. The lowest BCUT2D eigenvalue weighted by atomic mass is 9.59. The molecule has 12 nitrogen and oxygen atoms in total. The van der Waals surface area contributed by atoms with Gasteiger partial charge in [0.1, 0.15) is 8.42 Å². The number of nitrogens with zero attached hydrogens (tertiary/aromatic N) is 2. The second-order valence-corrected chi connectivity index (χ2v) is 12.4. The number of carbonyl (C=O) groups is 4. The van der Waals surface area contributed by atoms with Gasteiger partial charge in [0.25, 0.3) is 23.6 Å². The second-order valence-electron chi connectivity index (χ2n) is 6.97. The summed E-state index contributed by atoms with van der Waals surface area (Å²) >= 11 is 1.61. The Morgan fingerprint density at radius 2 is 0.938 bits per heavy atom. The molecule has 0 bridgehead atoms. The van der Waals surface area contributed by atoms with Crippen molar-refractivity contribution in [1.29, 1.82) is 0 Å². The molecule has 1 saturated carbocycles. The van der Waals surface area contributed by atoms with Crippen molar-refractivity contribution in [3.05, 3.63) is 35.0 Å². The first-order valence-corrected chi connectivity index (χ1v) is 13.3. The predicted octanol–water partition coefficient (Wildman–Crippen LogP) is -0.0336. The Labute approximate surface area is 188 Å². The number of rotatable bonds is 6. The van der Waals surface area contributed by atoms with E-state index in [1.54, 1.807) is 0 Å². The van der Waals surface area contributed by atoms with Gasteiger partial charge in [-0.3, -0.25) is 19.2 Å². The molecule has 0 aromatic carbocycles. The molecule has 4 amide bonds. The van der Waals surface area contributed by atoms with Crippen LogP contribution in [0.15, 0.2) is 43.4 Å². The zero-order valence-electron chi connectivity index (χ0n) is 15.4. The molecule has 16 heteroatoms. The molecule has 0 atom stereocenters. The average Bonchev–Trinajstić information content (AvgIpc) is 3.47. The van der Waals surface area contributed by atoms with Gasteiger partial charge in [-0.1, -0.05) is 12.1 Å². The van der Waals surface area contributed by atoms with Crippen molar-refractivity contribution in [2.24, 2.45) is 23.7 Å². The van der Waals surface area contributed by atoms with Crippen molar-refractivity contribution in [1.82, 2.24) is 10.1 Å². The Balaban J connectivity index is 1.38. The number of imide groups is 2. The van der Waals surface area contributed by atoms with Gasteiger partial charge in [-0.25, -0.2) is 0 Å². The largest absolute Gasteiger partial charge is 0.327 e. The SMILES string of the molecule is O=C1C2C(C(=O)N1OS(=O)(=O)c1cccs1)C1C(=O)N(OS(=O)(=O)c3cccs3)C(=O)C21. The van der Waals surface area contributed by atoms with Crippen LogP contribution >= 0.6 is 22.7 Å². The molecule has 0 radical (unpaired) electrons. The van der Waals surface area contributed by atoms with Crippen LogP contribution in [0.1, 0.15) is 0 Å². The summed E-state index contributed by atoms with van der Waals surface area (Å²) in [6.07, 6.45) is 0. The van der Waals surface area contributed by atoms with Gasteiger partial charge < -0.3 is 0 Å². The summed E-state index contributed by atoms with van der Waals surface area (Å²) in [4.78, 5) is 50.7. The van der Waals surface area contributed by atoms with Gasteiger partial charge in [-0.15, -0.1) is 41.4 Å². The van der Waals surface area contributed by atoms with Crippen LogP contribution in [0.25, 0.3) is 0 Å². The number of thiophene rings is 2. The minimum atomic E-state index is -4.48. The molecular weight excluding hydrogens is 508 g/mol. The highest BCUT2D eigenvalue weighted by Gasteiger charge is 2.75. The van der Waals surface area contributed by atoms with Crippen molar-refractivity contribution in [2.75, 3.05) is 0 Å². The molecule has 2 aromatic heterocycles. The first-order valence-electron chi connectivity index (χ1n) is 8.76. The Morgan fingerprint density at radius 1 is 0.625 bits per heavy atom. The number of hydrogen-bond acceptors (Lipinski definition) is 12. The van der Waals surface area contributed by atoms with Crippen molar-refractivity contribution in [3.63, 3.8) is 0 Å². The smallest absolute Gasteiger partial charge is 0.272 e. The lowest BCUT2D eigenvalue weighted by Crippen LogP contribution is -2.50. The van der Waals surface area contributed by atoms with Gasteiger partial charge in [0, 0.05) is 0 Å². The monoisotopic (exact) mass is 518 g/mol. The fourth-order valence-corrected chi connectivity index (χ4v) is 7.64. The van der Waals surface area contributed by atoms with E-state index in [4.69, 9.17) is 8.57 Å². The minimum absolute atomic E-state index is 0.0524. The molecule has 0 unspecified atom stereocenters. The second kappa shape index (κ2) is 7.00. The van der Waals surface area contributed by atoms with Crippen molar-refractivity contribution >= 4 is 66.5 Å². The van der Waals surface area contributed by atoms with Crippen LogP contribution in [-0.2, 0) is 48.0 Å². The minimum Gasteiger partial charge on any atom is -0.272 e. The van der Waals surface area contributed by atoms with Crippen LogP contribution in [0.3, 0.4) is 0 Å². The average molecular weight is 519 g/mol. The molecule has 168 valence electrons. The third kappa shape index (κ3) is 2.91. The topological polar surface area (TPSA) is 161 Å². The summed E-state index contributed by atoms with van der Waals surface area (Å²) in [6, 6.07) is 5.28. The summed E-state index contributed by atoms with van der Waals surface area (Å²) in [5.74, 6) is -9.87. The standard InChI is InChI=1S/C16H10N2O10S4/c19-13-9-10(14(20)17(13)27-31(23,24)7-3-1-5-29-7)12-11(9)15(21)18(16(12)22)28-32(25,26)8-4-2-6-30-8/h1-6,9-12H. The number of hydroxylamine groups is 4. The fourth-order valence-electron chi connectivity index (χ4n) is 3.96. The molecule has 3 aliphatic rings. The first-order chi connectivity index (χ1) is 15.0. The van der Waals surface area contributed by atoms with E-state index in [2.05, 4.69) is 0 Å². The van der Waals surface area contributed by atoms with Gasteiger partial charge in [0.2, 0.25) is 0 Å². The highest BCUT2D eigenvalue weighted by molar-refractivity contribution is 7.89. The van der Waals surface area contributed by atoms with Gasteiger partial charge in [0.05, 0.1) is 23.7 Å². The molecule has 0 spiro atoms. The van der Waals surface area contributed by atoms with E-state index in [0.29, 0.717) is 0 Å². The maximum atomic E-state index is 12.7. The maximum Gasteiger partial charge on any atom is 0.327 e. The molecule has 2 aliphatic heterocycles. The summed E-state index contributed by atoms with van der Waals surface area (Å²) in [7, 11) is -8.95. The van der Waals surface area contributed by atoms with Gasteiger partial charge in [0.15, 0.2) is 0 Å². The van der Waals surface area contributed by atoms with Crippen LogP contribution in [-0.4, -0.2) is 50.6 Å². The van der Waals surface area contributed by atoms with E-state index < -0.39 is 67.5 Å². The van der Waals surface area contributed by atoms with Gasteiger partial charge >= 0.3 is 20.2 Å². The summed E-state index contributed by atoms with van der Waals surface area (Å²) in [6.45, 7) is 0. The van der Waals surface area contributed by atoms with Crippen LogP contribution in [0.5, 0.6) is 0 Å². The molecule has 4 heterocycles. The van der Waals surface area contributed by atoms with Gasteiger partial charge in [-0.05, 0) is 22.9 Å². The molecule has 1 aliphatic carbocycles. The molecule has 2 saturated heterocycles. The van der Waals surface area contributed by atoms with E-state index in [9.17, 15) is 36.0 Å². The van der Waals surface area contributed by atoms with Crippen LogP contribution in [0.2, 0.25) is 0 Å². The van der Waals surface area contributed by atoms with Gasteiger partial charge in [-0.2, -0.15) is 16.8 Å². The van der Waals surface area contributed by atoms with Crippen LogP contribution in [0, 0.1) is 23.7 Å². The summed E-state index contributed by atoms with van der Waals surface area (Å²) in [5.41, 5.74) is 0. The lowest BCUT2D eigenvalue weighted by molar-refractivity contribution is -0.169.